The highest BCUT2D eigenvalue weighted by Crippen LogP contribution is 2.30. The van der Waals surface area contributed by atoms with Crippen molar-refractivity contribution in [2.45, 2.75) is 12.8 Å². The number of benzene rings is 2. The van der Waals surface area contributed by atoms with Crippen molar-refractivity contribution >= 4 is 50.5 Å². The molecule has 1 fully saturated rings. The van der Waals surface area contributed by atoms with Gasteiger partial charge in [-0.25, -0.2) is 13.4 Å². The summed E-state index contributed by atoms with van der Waals surface area (Å²) in [7, 11) is -3.45. The molecule has 180 valence electrons. The third-order valence-electron chi connectivity index (χ3n) is 5.18. The molecule has 34 heavy (non-hydrogen) atoms. The molecule has 3 aromatic rings. The fraction of sp³-hybridized carbons (Fsp3) is 0.304. The second kappa shape index (κ2) is 10.9. The molecule has 11 heteroatoms. The first-order chi connectivity index (χ1) is 16.4. The van der Waals surface area contributed by atoms with Gasteiger partial charge in [-0.3, -0.25) is 9.62 Å². The van der Waals surface area contributed by atoms with Crippen molar-refractivity contribution in [2.75, 3.05) is 47.9 Å². The zero-order valence-corrected chi connectivity index (χ0v) is 20.4. The fourth-order valence-electron chi connectivity index (χ4n) is 3.61. The standard InChI is InChI=1S/C23H27ClN6O3S/c1-34(31,32)29-21-10-3-2-9-20(21)27-22-19(24)16-25-23(28-22)26-17-7-6-8-18(15-17)33-14-13-30-11-4-5-12-30/h2-3,6-10,15-16,29H,4-5,11-14H2,1H3,(H2,25,26,27,28). The summed E-state index contributed by atoms with van der Waals surface area (Å²) in [6.45, 7) is 3.84. The van der Waals surface area contributed by atoms with Crippen molar-refractivity contribution in [2.24, 2.45) is 0 Å². The molecule has 1 aliphatic rings. The molecule has 0 aliphatic carbocycles. The van der Waals surface area contributed by atoms with Crippen LogP contribution in [0.25, 0.3) is 0 Å². The predicted octanol–water partition coefficient (Wildman–Crippen LogP) is 4.46. The zero-order valence-electron chi connectivity index (χ0n) is 18.8. The van der Waals surface area contributed by atoms with Crippen LogP contribution in [-0.4, -0.2) is 55.8 Å². The van der Waals surface area contributed by atoms with Crippen LogP contribution < -0.4 is 20.1 Å². The van der Waals surface area contributed by atoms with Gasteiger partial charge in [0.2, 0.25) is 16.0 Å². The number of sulfonamides is 1. The quantitative estimate of drug-likeness (QED) is 0.373. The van der Waals surface area contributed by atoms with Crippen LogP contribution in [0.5, 0.6) is 5.75 Å². The largest absolute Gasteiger partial charge is 0.492 e. The number of nitrogens with one attached hydrogen (secondary N) is 3. The minimum atomic E-state index is -3.45. The minimum Gasteiger partial charge on any atom is -0.492 e. The molecule has 4 rings (SSSR count). The molecule has 0 amide bonds. The molecule has 2 aromatic carbocycles. The van der Waals surface area contributed by atoms with Crippen LogP contribution in [0.1, 0.15) is 12.8 Å². The summed E-state index contributed by atoms with van der Waals surface area (Å²) in [6.07, 6.45) is 5.09. The molecule has 2 heterocycles. The molecular formula is C23H27ClN6O3S. The highest BCUT2D eigenvalue weighted by atomic mass is 35.5. The number of anilines is 5. The number of halogens is 1. The van der Waals surface area contributed by atoms with Gasteiger partial charge in [0.1, 0.15) is 17.4 Å². The van der Waals surface area contributed by atoms with E-state index in [-0.39, 0.29) is 0 Å². The second-order valence-electron chi connectivity index (χ2n) is 7.99. The number of aromatic nitrogens is 2. The van der Waals surface area contributed by atoms with Gasteiger partial charge < -0.3 is 15.4 Å². The lowest BCUT2D eigenvalue weighted by Crippen LogP contribution is -2.25. The van der Waals surface area contributed by atoms with Gasteiger partial charge in [-0.2, -0.15) is 4.98 Å². The van der Waals surface area contributed by atoms with Crippen LogP contribution >= 0.6 is 11.6 Å². The van der Waals surface area contributed by atoms with E-state index in [4.69, 9.17) is 16.3 Å². The smallest absolute Gasteiger partial charge is 0.229 e. The molecule has 0 bridgehead atoms. The topological polar surface area (TPSA) is 108 Å². The SMILES string of the molecule is CS(=O)(=O)Nc1ccccc1Nc1nc(Nc2cccc(OCCN3CCCC3)c2)ncc1Cl. The van der Waals surface area contributed by atoms with E-state index < -0.39 is 10.0 Å². The second-order valence-corrected chi connectivity index (χ2v) is 10.1. The third kappa shape index (κ3) is 6.96. The summed E-state index contributed by atoms with van der Waals surface area (Å²) < 4.78 is 31.7. The molecule has 9 nitrogen and oxygen atoms in total. The van der Waals surface area contributed by atoms with Gasteiger partial charge in [0, 0.05) is 18.3 Å². The van der Waals surface area contributed by atoms with E-state index in [0.29, 0.717) is 34.8 Å². The molecule has 1 aliphatic heterocycles. The molecule has 0 atom stereocenters. The maximum absolute atomic E-state index is 11.7. The Labute approximate surface area is 204 Å². The average Bonchev–Trinajstić information content (AvgIpc) is 3.30. The van der Waals surface area contributed by atoms with Crippen LogP contribution in [0.3, 0.4) is 0 Å². The first-order valence-corrected chi connectivity index (χ1v) is 13.2. The molecule has 0 unspecified atom stereocenters. The Morgan fingerprint density at radius 3 is 2.59 bits per heavy atom. The Hall–Kier alpha value is -3.08. The number of hydrogen-bond acceptors (Lipinski definition) is 8. The molecule has 1 saturated heterocycles. The predicted molar refractivity (Wildman–Crippen MR) is 136 cm³/mol. The van der Waals surface area contributed by atoms with E-state index in [0.717, 1.165) is 37.3 Å². The van der Waals surface area contributed by atoms with Crippen molar-refractivity contribution in [3.63, 3.8) is 0 Å². The van der Waals surface area contributed by atoms with E-state index in [9.17, 15) is 8.42 Å². The van der Waals surface area contributed by atoms with E-state index in [1.807, 2.05) is 24.3 Å². The van der Waals surface area contributed by atoms with Gasteiger partial charge in [0.05, 0.1) is 23.8 Å². The van der Waals surface area contributed by atoms with Crippen molar-refractivity contribution in [3.8, 4) is 5.75 Å². The molecule has 0 saturated carbocycles. The average molecular weight is 503 g/mol. The number of hydrogen-bond donors (Lipinski definition) is 3. The monoisotopic (exact) mass is 502 g/mol. The number of para-hydroxylation sites is 2. The first kappa shape index (κ1) is 24.1. The Balaban J connectivity index is 1.44. The van der Waals surface area contributed by atoms with Crippen molar-refractivity contribution in [1.29, 1.82) is 0 Å². The summed E-state index contributed by atoms with van der Waals surface area (Å²) in [5.41, 5.74) is 1.66. The van der Waals surface area contributed by atoms with Crippen LogP contribution in [0.15, 0.2) is 54.7 Å². The maximum Gasteiger partial charge on any atom is 0.229 e. The summed E-state index contributed by atoms with van der Waals surface area (Å²) in [4.78, 5) is 11.1. The van der Waals surface area contributed by atoms with E-state index in [1.54, 1.807) is 24.3 Å². The Morgan fingerprint density at radius 2 is 1.82 bits per heavy atom. The van der Waals surface area contributed by atoms with Gasteiger partial charge in [-0.15, -0.1) is 0 Å². The molecule has 3 N–H and O–H groups in total. The Bertz CT molecular complexity index is 1230. The Kier molecular flexibility index (Phi) is 7.71. The van der Waals surface area contributed by atoms with E-state index in [1.165, 1.54) is 19.0 Å². The lowest BCUT2D eigenvalue weighted by Gasteiger charge is -2.15. The van der Waals surface area contributed by atoms with Crippen LogP contribution in [0, 0.1) is 0 Å². The van der Waals surface area contributed by atoms with E-state index >= 15 is 0 Å². The summed E-state index contributed by atoms with van der Waals surface area (Å²) >= 11 is 6.29. The van der Waals surface area contributed by atoms with Gasteiger partial charge in [0.25, 0.3) is 0 Å². The summed E-state index contributed by atoms with van der Waals surface area (Å²) in [6, 6.07) is 14.5. The lowest BCUT2D eigenvalue weighted by molar-refractivity contribution is 0.238. The van der Waals surface area contributed by atoms with Crippen molar-refractivity contribution in [3.05, 3.63) is 59.8 Å². The van der Waals surface area contributed by atoms with Crippen LogP contribution in [0.2, 0.25) is 5.02 Å². The van der Waals surface area contributed by atoms with Crippen molar-refractivity contribution < 1.29 is 13.2 Å². The van der Waals surface area contributed by atoms with Gasteiger partial charge in [0.15, 0.2) is 5.82 Å². The van der Waals surface area contributed by atoms with Crippen LogP contribution in [-0.2, 0) is 10.0 Å². The molecule has 1 aromatic heterocycles. The minimum absolute atomic E-state index is 0.290. The number of likely N-dealkylation sites (tertiary alicyclic amines) is 1. The van der Waals surface area contributed by atoms with Crippen LogP contribution in [0.4, 0.5) is 28.8 Å². The number of rotatable bonds is 10. The first-order valence-electron chi connectivity index (χ1n) is 10.9. The molecular weight excluding hydrogens is 476 g/mol. The van der Waals surface area contributed by atoms with Gasteiger partial charge in [-0.05, 0) is 50.2 Å². The molecule has 0 spiro atoms. The third-order valence-corrected chi connectivity index (χ3v) is 6.05. The number of ether oxygens (including phenoxy) is 1. The zero-order chi connectivity index (χ0) is 24.0. The van der Waals surface area contributed by atoms with Gasteiger partial charge in [-0.1, -0.05) is 29.8 Å². The highest BCUT2D eigenvalue weighted by molar-refractivity contribution is 7.92. The van der Waals surface area contributed by atoms with E-state index in [2.05, 4.69) is 30.2 Å². The highest BCUT2D eigenvalue weighted by Gasteiger charge is 2.12. The van der Waals surface area contributed by atoms with Crippen molar-refractivity contribution in [1.82, 2.24) is 14.9 Å². The van der Waals surface area contributed by atoms with Gasteiger partial charge >= 0.3 is 0 Å². The fourth-order valence-corrected chi connectivity index (χ4v) is 4.33. The normalized spacial score (nSPS) is 14.1. The maximum atomic E-state index is 11.7. The lowest BCUT2D eigenvalue weighted by atomic mass is 10.2. The Morgan fingerprint density at radius 1 is 1.06 bits per heavy atom. The summed E-state index contributed by atoms with van der Waals surface area (Å²) in [5.74, 6) is 1.42. The molecule has 0 radical (unpaired) electrons. The number of nitrogens with zero attached hydrogens (tertiary/aromatic N) is 3. The summed E-state index contributed by atoms with van der Waals surface area (Å²) in [5, 5.41) is 6.53.